The molecular weight excluding hydrogens is 286 g/mol. The Morgan fingerprint density at radius 2 is 1.86 bits per heavy atom. The van der Waals surface area contributed by atoms with Crippen LogP contribution in [0.3, 0.4) is 0 Å². The predicted octanol–water partition coefficient (Wildman–Crippen LogP) is 2.77. The second-order valence-corrected chi connectivity index (χ2v) is 6.28. The highest BCUT2D eigenvalue weighted by molar-refractivity contribution is 5.87. The van der Waals surface area contributed by atoms with Crippen LogP contribution in [0, 0.1) is 0 Å². The molecular formula is C16H21NO5. The summed E-state index contributed by atoms with van der Waals surface area (Å²) in [6.07, 6.45) is 0.281. The van der Waals surface area contributed by atoms with Gasteiger partial charge in [-0.3, -0.25) is 0 Å². The summed E-state index contributed by atoms with van der Waals surface area (Å²) < 4.78 is 11.1. The minimum atomic E-state index is -0.969. The van der Waals surface area contributed by atoms with Crippen molar-refractivity contribution in [2.45, 2.75) is 38.9 Å². The van der Waals surface area contributed by atoms with Crippen molar-refractivity contribution >= 4 is 12.1 Å². The third kappa shape index (κ3) is 4.38. The Balaban J connectivity index is 1.88. The summed E-state index contributed by atoms with van der Waals surface area (Å²) >= 11 is 0. The minimum Gasteiger partial charge on any atom is -0.489 e. The van der Waals surface area contributed by atoms with E-state index in [9.17, 15) is 9.59 Å². The maximum absolute atomic E-state index is 12.0. The van der Waals surface area contributed by atoms with Crippen molar-refractivity contribution in [3.8, 4) is 5.75 Å². The molecule has 1 aromatic carbocycles. The lowest BCUT2D eigenvalue weighted by Crippen LogP contribution is -2.36. The van der Waals surface area contributed by atoms with Crippen molar-refractivity contribution in [3.05, 3.63) is 29.8 Å². The second kappa shape index (κ2) is 6.25. The van der Waals surface area contributed by atoms with E-state index in [1.54, 1.807) is 17.0 Å². The molecule has 120 valence electrons. The molecule has 1 saturated heterocycles. The Labute approximate surface area is 129 Å². The average molecular weight is 307 g/mol. The molecule has 6 heteroatoms. The van der Waals surface area contributed by atoms with Crippen molar-refractivity contribution in [1.82, 2.24) is 4.90 Å². The third-order valence-electron chi connectivity index (χ3n) is 3.20. The molecule has 2 rings (SSSR count). The van der Waals surface area contributed by atoms with Crippen LogP contribution in [0.1, 0.15) is 37.6 Å². The number of ether oxygens (including phenoxy) is 2. The SMILES string of the molecule is CC(C)(C)OC(=O)N1CC[C@@H](Oc2ccc(C(=O)O)cc2)C1. The molecule has 22 heavy (non-hydrogen) atoms. The number of carboxylic acid groups (broad SMARTS) is 1. The molecule has 0 saturated carbocycles. The summed E-state index contributed by atoms with van der Waals surface area (Å²) in [6.45, 7) is 6.55. The first-order valence-corrected chi connectivity index (χ1v) is 7.22. The zero-order valence-electron chi connectivity index (χ0n) is 13.0. The van der Waals surface area contributed by atoms with E-state index in [1.807, 2.05) is 20.8 Å². The van der Waals surface area contributed by atoms with Gasteiger partial charge in [-0.05, 0) is 45.0 Å². The summed E-state index contributed by atoms with van der Waals surface area (Å²) in [5.74, 6) is -0.371. The Kier molecular flexibility index (Phi) is 4.59. The molecule has 1 atom stereocenters. The normalized spacial score (nSPS) is 18.1. The smallest absolute Gasteiger partial charge is 0.410 e. The Hall–Kier alpha value is -2.24. The van der Waals surface area contributed by atoms with Gasteiger partial charge in [0.25, 0.3) is 0 Å². The number of carbonyl (C=O) groups excluding carboxylic acids is 1. The first kappa shape index (κ1) is 16.1. The van der Waals surface area contributed by atoms with Gasteiger partial charge in [0.1, 0.15) is 17.5 Å². The predicted molar refractivity (Wildman–Crippen MR) is 80.2 cm³/mol. The highest BCUT2D eigenvalue weighted by Gasteiger charge is 2.30. The maximum Gasteiger partial charge on any atom is 0.410 e. The largest absolute Gasteiger partial charge is 0.489 e. The number of carbonyl (C=O) groups is 2. The molecule has 1 amide bonds. The Bertz CT molecular complexity index is 547. The van der Waals surface area contributed by atoms with Gasteiger partial charge in [0.05, 0.1) is 12.1 Å². The summed E-state index contributed by atoms with van der Waals surface area (Å²) in [7, 11) is 0. The number of benzene rings is 1. The van der Waals surface area contributed by atoms with Crippen LogP contribution >= 0.6 is 0 Å². The van der Waals surface area contributed by atoms with Crippen LogP contribution in [-0.2, 0) is 4.74 Å². The second-order valence-electron chi connectivity index (χ2n) is 6.28. The lowest BCUT2D eigenvalue weighted by Gasteiger charge is -2.24. The highest BCUT2D eigenvalue weighted by atomic mass is 16.6. The van der Waals surface area contributed by atoms with Crippen molar-refractivity contribution in [3.63, 3.8) is 0 Å². The van der Waals surface area contributed by atoms with E-state index < -0.39 is 11.6 Å². The van der Waals surface area contributed by atoms with Crippen LogP contribution in [0.5, 0.6) is 5.75 Å². The van der Waals surface area contributed by atoms with E-state index >= 15 is 0 Å². The first-order chi connectivity index (χ1) is 10.2. The highest BCUT2D eigenvalue weighted by Crippen LogP contribution is 2.21. The molecule has 0 spiro atoms. The van der Waals surface area contributed by atoms with Gasteiger partial charge >= 0.3 is 12.1 Å². The van der Waals surface area contributed by atoms with Crippen LogP contribution in [0.25, 0.3) is 0 Å². The average Bonchev–Trinajstić information content (AvgIpc) is 2.86. The van der Waals surface area contributed by atoms with E-state index in [1.165, 1.54) is 12.1 Å². The summed E-state index contributed by atoms with van der Waals surface area (Å²) in [5, 5.41) is 8.85. The molecule has 1 N–H and O–H groups in total. The molecule has 0 aromatic heterocycles. The van der Waals surface area contributed by atoms with Gasteiger partial charge in [-0.1, -0.05) is 0 Å². The number of hydrogen-bond acceptors (Lipinski definition) is 4. The fraction of sp³-hybridized carbons (Fsp3) is 0.500. The third-order valence-corrected chi connectivity index (χ3v) is 3.20. The monoisotopic (exact) mass is 307 g/mol. The summed E-state index contributed by atoms with van der Waals surface area (Å²) in [4.78, 5) is 24.4. The maximum atomic E-state index is 12.0. The first-order valence-electron chi connectivity index (χ1n) is 7.22. The molecule has 6 nitrogen and oxygen atoms in total. The molecule has 0 unspecified atom stereocenters. The van der Waals surface area contributed by atoms with Crippen LogP contribution in [0.2, 0.25) is 0 Å². The summed E-state index contributed by atoms with van der Waals surface area (Å²) in [5.41, 5.74) is -0.294. The molecule has 1 aliphatic rings. The summed E-state index contributed by atoms with van der Waals surface area (Å²) in [6, 6.07) is 6.25. The van der Waals surface area contributed by atoms with Gasteiger partial charge in [0.2, 0.25) is 0 Å². The topological polar surface area (TPSA) is 76.1 Å². The number of carboxylic acids is 1. The van der Waals surface area contributed by atoms with Gasteiger partial charge < -0.3 is 19.5 Å². The fourth-order valence-corrected chi connectivity index (χ4v) is 2.19. The fourth-order valence-electron chi connectivity index (χ4n) is 2.19. The molecule has 0 radical (unpaired) electrons. The number of aromatic carboxylic acids is 1. The van der Waals surface area contributed by atoms with E-state index in [-0.39, 0.29) is 17.8 Å². The molecule has 1 aliphatic heterocycles. The van der Waals surface area contributed by atoms with Crippen LogP contribution in [0.15, 0.2) is 24.3 Å². The molecule has 0 aliphatic carbocycles. The van der Waals surface area contributed by atoms with Gasteiger partial charge in [0.15, 0.2) is 0 Å². The number of nitrogens with zero attached hydrogens (tertiary/aromatic N) is 1. The number of amides is 1. The molecule has 1 heterocycles. The lowest BCUT2D eigenvalue weighted by atomic mass is 10.2. The van der Waals surface area contributed by atoms with Gasteiger partial charge in [-0.2, -0.15) is 0 Å². The van der Waals surface area contributed by atoms with E-state index in [0.717, 1.165) is 6.42 Å². The number of hydrogen-bond donors (Lipinski definition) is 1. The quantitative estimate of drug-likeness (QED) is 0.929. The van der Waals surface area contributed by atoms with Gasteiger partial charge in [-0.15, -0.1) is 0 Å². The van der Waals surface area contributed by atoms with Crippen LogP contribution in [0.4, 0.5) is 4.79 Å². The molecule has 1 aromatic rings. The Morgan fingerprint density at radius 1 is 1.23 bits per heavy atom. The molecule has 1 fully saturated rings. The van der Waals surface area contributed by atoms with Crippen LogP contribution in [-0.4, -0.2) is 46.9 Å². The van der Waals surface area contributed by atoms with Crippen molar-refractivity contribution in [2.75, 3.05) is 13.1 Å². The van der Waals surface area contributed by atoms with E-state index in [2.05, 4.69) is 0 Å². The van der Waals surface area contributed by atoms with Crippen molar-refractivity contribution < 1.29 is 24.2 Å². The van der Waals surface area contributed by atoms with Crippen molar-refractivity contribution in [1.29, 1.82) is 0 Å². The number of rotatable bonds is 3. The standard InChI is InChI=1S/C16H21NO5/c1-16(2,3)22-15(20)17-9-8-13(10-17)21-12-6-4-11(5-7-12)14(18)19/h4-7,13H,8-10H2,1-3H3,(H,18,19)/t13-/m1/s1. The number of likely N-dealkylation sites (tertiary alicyclic amines) is 1. The Morgan fingerprint density at radius 3 is 2.41 bits per heavy atom. The molecule has 0 bridgehead atoms. The van der Waals surface area contributed by atoms with E-state index in [4.69, 9.17) is 14.6 Å². The van der Waals surface area contributed by atoms with Crippen molar-refractivity contribution in [2.24, 2.45) is 0 Å². The minimum absolute atomic E-state index is 0.108. The zero-order chi connectivity index (χ0) is 16.3. The van der Waals surface area contributed by atoms with Gasteiger partial charge in [-0.25, -0.2) is 9.59 Å². The van der Waals surface area contributed by atoms with E-state index in [0.29, 0.717) is 18.8 Å². The zero-order valence-corrected chi connectivity index (χ0v) is 13.0. The van der Waals surface area contributed by atoms with Crippen LogP contribution < -0.4 is 4.74 Å². The van der Waals surface area contributed by atoms with Gasteiger partial charge in [0, 0.05) is 13.0 Å². The lowest BCUT2D eigenvalue weighted by molar-refractivity contribution is 0.0275.